The van der Waals surface area contributed by atoms with Crippen LogP contribution in [-0.4, -0.2) is 54.6 Å². The van der Waals surface area contributed by atoms with Gasteiger partial charge in [-0.2, -0.15) is 9.78 Å². The maximum absolute atomic E-state index is 13.2. The van der Waals surface area contributed by atoms with Crippen LogP contribution in [0.3, 0.4) is 0 Å². The Bertz CT molecular complexity index is 1250. The minimum Gasteiger partial charge on any atom is -0.394 e. The molecule has 1 saturated heterocycles. The Kier molecular flexibility index (Phi) is 4.44. The molecule has 0 spiro atoms. The predicted molar refractivity (Wildman–Crippen MR) is 110 cm³/mol. The van der Waals surface area contributed by atoms with Crippen molar-refractivity contribution in [1.82, 2.24) is 14.3 Å². The Morgan fingerprint density at radius 3 is 2.57 bits per heavy atom. The van der Waals surface area contributed by atoms with Crippen LogP contribution < -0.4 is 5.56 Å². The fourth-order valence-electron chi connectivity index (χ4n) is 4.07. The first kappa shape index (κ1) is 19.0. The number of hydrogen-bond acceptors (Lipinski definition) is 6. The van der Waals surface area contributed by atoms with Gasteiger partial charge in [0.1, 0.15) is 24.0 Å². The summed E-state index contributed by atoms with van der Waals surface area (Å²) < 4.78 is 8.72. The van der Waals surface area contributed by atoms with Gasteiger partial charge >= 0.3 is 0 Å². The Morgan fingerprint density at radius 2 is 1.87 bits per heavy atom. The molecule has 30 heavy (non-hydrogen) atoms. The third kappa shape index (κ3) is 2.77. The van der Waals surface area contributed by atoms with Crippen molar-refractivity contribution in [1.29, 1.82) is 0 Å². The highest BCUT2D eigenvalue weighted by molar-refractivity contribution is 5.94. The zero-order valence-corrected chi connectivity index (χ0v) is 16.2. The summed E-state index contributed by atoms with van der Waals surface area (Å²) >= 11 is 0. The summed E-state index contributed by atoms with van der Waals surface area (Å²) in [5.41, 5.74) is 2.96. The van der Waals surface area contributed by atoms with Crippen molar-refractivity contribution >= 4 is 10.9 Å². The third-order valence-corrected chi connectivity index (χ3v) is 5.62. The largest absolute Gasteiger partial charge is 0.394 e. The lowest BCUT2D eigenvalue weighted by molar-refractivity contribution is -0.0508. The van der Waals surface area contributed by atoms with Gasteiger partial charge in [0.25, 0.3) is 5.56 Å². The molecule has 0 aromatic heterocycles. The van der Waals surface area contributed by atoms with E-state index < -0.39 is 31.1 Å². The zero-order chi connectivity index (χ0) is 21.0. The minimum absolute atomic E-state index is 0.292. The van der Waals surface area contributed by atoms with Crippen LogP contribution in [0.25, 0.3) is 27.8 Å². The second kappa shape index (κ2) is 7.03. The highest BCUT2D eigenvalue weighted by Gasteiger charge is 2.43. The molecule has 3 heterocycles. The first-order valence-electron chi connectivity index (χ1n) is 9.71. The van der Waals surface area contributed by atoms with Gasteiger partial charge in [0.2, 0.25) is 0 Å². The normalized spacial score (nSPS) is 24.1. The number of ether oxygens (including phenoxy) is 1. The van der Waals surface area contributed by atoms with E-state index in [-0.39, 0.29) is 5.56 Å². The number of rotatable bonds is 3. The highest BCUT2D eigenvalue weighted by Crippen LogP contribution is 2.36. The van der Waals surface area contributed by atoms with Crippen LogP contribution in [0.1, 0.15) is 11.8 Å². The van der Waals surface area contributed by atoms with E-state index in [1.807, 2.05) is 43.3 Å². The lowest BCUT2D eigenvalue weighted by Crippen LogP contribution is -2.33. The molecule has 0 aliphatic carbocycles. The van der Waals surface area contributed by atoms with E-state index in [0.717, 1.165) is 10.9 Å². The van der Waals surface area contributed by atoms with Crippen LogP contribution in [0.2, 0.25) is 0 Å². The van der Waals surface area contributed by atoms with Gasteiger partial charge in [-0.15, -0.1) is 0 Å². The van der Waals surface area contributed by atoms with Gasteiger partial charge < -0.3 is 24.6 Å². The van der Waals surface area contributed by atoms with Gasteiger partial charge in [-0.05, 0) is 31.2 Å². The smallest absolute Gasteiger partial charge is 0.282 e. The fraction of sp³-hybridized carbons (Fsp3) is 0.273. The lowest BCUT2D eigenvalue weighted by Gasteiger charge is -2.22. The maximum Gasteiger partial charge on any atom is 0.282 e. The van der Waals surface area contributed by atoms with Crippen LogP contribution in [0, 0.1) is 6.92 Å². The molecule has 154 valence electrons. The molecule has 0 radical (unpaired) electrons. The number of benzene rings is 2. The van der Waals surface area contributed by atoms with Crippen molar-refractivity contribution in [3.8, 4) is 16.9 Å². The van der Waals surface area contributed by atoms with Gasteiger partial charge in [-0.3, -0.25) is 4.79 Å². The fourth-order valence-corrected chi connectivity index (χ4v) is 4.07. The average molecular weight is 407 g/mol. The molecule has 0 unspecified atom stereocenters. The van der Waals surface area contributed by atoms with E-state index in [1.54, 1.807) is 22.9 Å². The van der Waals surface area contributed by atoms with Crippen molar-refractivity contribution in [2.45, 2.75) is 31.5 Å². The Morgan fingerprint density at radius 1 is 1.10 bits per heavy atom. The Hall–Kier alpha value is -3.04. The number of fused-ring (bicyclic) bond motifs is 3. The molecule has 5 rings (SSSR count). The number of pyridine rings is 1. The predicted octanol–water partition coefficient (Wildman–Crippen LogP) is 1.21. The summed E-state index contributed by atoms with van der Waals surface area (Å²) in [5, 5.41) is 35.5. The molecule has 4 atom stereocenters. The molecule has 3 aliphatic heterocycles. The SMILES string of the molecule is Cc1ccc2c(c1)c1nn(-c3ccccc3)c(=O)c-1cn2[C@@H]1O[C@H](CO)[C@@H](O)[C@H]1O. The van der Waals surface area contributed by atoms with Gasteiger partial charge in [0.15, 0.2) is 6.23 Å². The third-order valence-electron chi connectivity index (χ3n) is 5.62. The number of hydrogen-bond donors (Lipinski definition) is 3. The van der Waals surface area contributed by atoms with Crippen molar-refractivity contribution in [3.63, 3.8) is 0 Å². The minimum atomic E-state index is -1.26. The number of aryl methyl sites for hydroxylation is 1. The second-order valence-electron chi connectivity index (χ2n) is 7.60. The molecule has 0 amide bonds. The van der Waals surface area contributed by atoms with E-state index in [2.05, 4.69) is 5.10 Å². The van der Waals surface area contributed by atoms with Crippen molar-refractivity contribution < 1.29 is 20.1 Å². The van der Waals surface area contributed by atoms with Gasteiger partial charge in [-0.1, -0.05) is 29.8 Å². The number of aromatic nitrogens is 3. The summed E-state index contributed by atoms with van der Waals surface area (Å²) in [4.78, 5) is 13.2. The van der Waals surface area contributed by atoms with Gasteiger partial charge in [0.05, 0.1) is 23.4 Å². The van der Waals surface area contributed by atoms with E-state index >= 15 is 0 Å². The zero-order valence-electron chi connectivity index (χ0n) is 16.2. The highest BCUT2D eigenvalue weighted by atomic mass is 16.6. The first-order chi connectivity index (χ1) is 14.5. The van der Waals surface area contributed by atoms with Crippen molar-refractivity contribution in [3.05, 3.63) is 70.6 Å². The monoisotopic (exact) mass is 407 g/mol. The molecule has 8 heteroatoms. The summed E-state index contributed by atoms with van der Waals surface area (Å²) in [6.45, 7) is 1.52. The number of nitrogens with zero attached hydrogens (tertiary/aromatic N) is 3. The lowest BCUT2D eigenvalue weighted by atomic mass is 10.0. The van der Waals surface area contributed by atoms with E-state index in [0.29, 0.717) is 22.5 Å². The van der Waals surface area contributed by atoms with E-state index in [4.69, 9.17) is 4.74 Å². The van der Waals surface area contributed by atoms with Gasteiger partial charge in [-0.25, -0.2) is 0 Å². The van der Waals surface area contributed by atoms with Crippen LogP contribution in [0.4, 0.5) is 0 Å². The first-order valence-corrected chi connectivity index (χ1v) is 9.71. The number of para-hydroxylation sites is 1. The Labute approximate surface area is 171 Å². The molecule has 8 nitrogen and oxygen atoms in total. The average Bonchev–Trinajstić information content (AvgIpc) is 3.25. The van der Waals surface area contributed by atoms with Crippen LogP contribution in [-0.2, 0) is 4.74 Å². The standard InChI is InChI=1S/C22H21N3O5/c1-12-7-8-16-14(9-12)18-15(21(29)25(23-18)13-5-3-2-4-6-13)10-24(16)22-20(28)19(27)17(11-26)30-22/h2-10,17,19-20,22,26-28H,11H2,1H3/t17-,19-,20-,22-/m1/s1. The van der Waals surface area contributed by atoms with Gasteiger partial charge in [0, 0.05) is 11.6 Å². The maximum atomic E-state index is 13.2. The molecule has 1 fully saturated rings. The summed E-state index contributed by atoms with van der Waals surface area (Å²) in [5.74, 6) is 0. The van der Waals surface area contributed by atoms with Crippen molar-refractivity contribution in [2.75, 3.05) is 6.61 Å². The number of aliphatic hydroxyl groups is 3. The molecule has 2 aromatic carbocycles. The second-order valence-corrected chi connectivity index (χ2v) is 7.60. The molecule has 3 aliphatic rings. The topological polar surface area (TPSA) is 110 Å². The summed E-state index contributed by atoms with van der Waals surface area (Å²) in [6, 6.07) is 14.9. The molecule has 0 saturated carbocycles. The van der Waals surface area contributed by atoms with Crippen LogP contribution in [0.5, 0.6) is 0 Å². The molecular formula is C22H21N3O5. The van der Waals surface area contributed by atoms with E-state index in [9.17, 15) is 20.1 Å². The quantitative estimate of drug-likeness (QED) is 0.471. The van der Waals surface area contributed by atoms with E-state index in [1.165, 1.54) is 4.68 Å². The summed E-state index contributed by atoms with van der Waals surface area (Å²) in [7, 11) is 0. The van der Waals surface area contributed by atoms with Crippen LogP contribution >= 0.6 is 0 Å². The molecule has 3 N–H and O–H groups in total. The molecular weight excluding hydrogens is 386 g/mol. The molecule has 2 aromatic rings. The van der Waals surface area contributed by atoms with Crippen LogP contribution in [0.15, 0.2) is 59.5 Å². The summed E-state index contributed by atoms with van der Waals surface area (Å²) in [6.07, 6.45) is -2.75. The Balaban J connectivity index is 1.79. The molecule has 0 bridgehead atoms. The number of aliphatic hydroxyl groups excluding tert-OH is 3. The van der Waals surface area contributed by atoms with Crippen molar-refractivity contribution in [2.24, 2.45) is 0 Å².